The molecule has 1 aromatic heterocycles. The number of imide groups is 2. The number of anilines is 1. The first-order valence-corrected chi connectivity index (χ1v) is 17.3. The molecule has 49 heavy (non-hydrogen) atoms. The number of hydrogen-bond acceptors (Lipinski definition) is 8. The van der Waals surface area contributed by atoms with Gasteiger partial charge in [-0.2, -0.15) is 5.01 Å². The Balaban J connectivity index is 1.33. The molecule has 248 valence electrons. The second-order valence-corrected chi connectivity index (χ2v) is 14.4. The molecule has 0 bridgehead atoms. The number of amides is 4. The van der Waals surface area contributed by atoms with Crippen LogP contribution in [0.25, 0.3) is 0 Å². The monoisotopic (exact) mass is 673 g/mol. The van der Waals surface area contributed by atoms with Crippen molar-refractivity contribution in [3.8, 4) is 11.5 Å². The molecule has 6 unspecified atom stereocenters. The zero-order valence-corrected chi connectivity index (χ0v) is 27.9. The lowest BCUT2D eigenvalue weighted by Crippen LogP contribution is -2.53. The first-order valence-electron chi connectivity index (χ1n) is 16.5. The number of likely N-dealkylation sites (tertiary alicyclic amines) is 1. The van der Waals surface area contributed by atoms with Crippen LogP contribution in [0.3, 0.4) is 0 Å². The number of phenols is 1. The molecule has 9 nitrogen and oxygen atoms in total. The second kappa shape index (κ2) is 11.7. The van der Waals surface area contributed by atoms with E-state index in [1.165, 1.54) is 23.3 Å². The molecule has 8 rings (SSSR count). The second-order valence-electron chi connectivity index (χ2n) is 13.3. The third-order valence-electron chi connectivity index (χ3n) is 10.9. The Labute approximate surface area is 287 Å². The molecule has 0 radical (unpaired) electrons. The van der Waals surface area contributed by atoms with Gasteiger partial charge in [-0.05, 0) is 67.0 Å². The number of methoxy groups -OCH3 is 1. The van der Waals surface area contributed by atoms with Gasteiger partial charge in [0, 0.05) is 16.4 Å². The van der Waals surface area contributed by atoms with E-state index in [-0.39, 0.29) is 30.5 Å². The number of phenolic OH excluding ortho intramolecular Hbond substituents is 1. The molecule has 3 fully saturated rings. The fourth-order valence-electron chi connectivity index (χ4n) is 8.84. The summed E-state index contributed by atoms with van der Waals surface area (Å²) in [4.78, 5) is 60.5. The number of fused-ring (bicyclic) bond motifs is 4. The minimum absolute atomic E-state index is 0.0829. The van der Waals surface area contributed by atoms with Crippen molar-refractivity contribution in [3.05, 3.63) is 124 Å². The number of aromatic hydroxyl groups is 1. The van der Waals surface area contributed by atoms with Crippen molar-refractivity contribution < 1.29 is 29.0 Å². The average Bonchev–Trinajstić information content (AvgIpc) is 3.78. The fraction of sp³-hybridized carbons (Fsp3) is 0.282. The summed E-state index contributed by atoms with van der Waals surface area (Å²) in [5.74, 6) is -4.71. The molecule has 4 aliphatic rings. The van der Waals surface area contributed by atoms with Crippen molar-refractivity contribution >= 4 is 40.7 Å². The van der Waals surface area contributed by atoms with E-state index < -0.39 is 46.8 Å². The predicted octanol–water partition coefficient (Wildman–Crippen LogP) is 5.96. The molecule has 3 heterocycles. The Morgan fingerprint density at radius 3 is 2.39 bits per heavy atom. The van der Waals surface area contributed by atoms with Gasteiger partial charge in [0.25, 0.3) is 11.8 Å². The van der Waals surface area contributed by atoms with Gasteiger partial charge >= 0.3 is 0 Å². The van der Waals surface area contributed by atoms with E-state index in [4.69, 9.17) is 4.74 Å². The van der Waals surface area contributed by atoms with E-state index in [9.17, 15) is 19.5 Å². The lowest BCUT2D eigenvalue weighted by molar-refractivity contribution is -0.141. The average molecular weight is 674 g/mol. The Bertz CT molecular complexity index is 2010. The summed E-state index contributed by atoms with van der Waals surface area (Å²) < 4.78 is 5.84. The van der Waals surface area contributed by atoms with Crippen LogP contribution in [0.4, 0.5) is 5.69 Å². The third kappa shape index (κ3) is 4.57. The Hall–Kier alpha value is -5.22. The van der Waals surface area contributed by atoms with Gasteiger partial charge in [-0.3, -0.25) is 29.5 Å². The minimum Gasteiger partial charge on any atom is -0.508 e. The van der Waals surface area contributed by atoms with Crippen LogP contribution >= 0.6 is 11.3 Å². The highest BCUT2D eigenvalue weighted by molar-refractivity contribution is 7.09. The summed E-state index contributed by atoms with van der Waals surface area (Å²) in [5, 5.41) is 14.7. The lowest BCUT2D eigenvalue weighted by atomic mass is 9.49. The molecule has 4 amide bonds. The molecule has 6 atom stereocenters. The molecule has 4 aromatic rings. The van der Waals surface area contributed by atoms with Gasteiger partial charge in [-0.15, -0.1) is 11.3 Å². The number of thiophene rings is 1. The molecule has 2 saturated heterocycles. The first-order chi connectivity index (χ1) is 23.7. The van der Waals surface area contributed by atoms with Gasteiger partial charge in [0.2, 0.25) is 11.8 Å². The van der Waals surface area contributed by atoms with Crippen molar-refractivity contribution in [2.24, 2.45) is 23.7 Å². The molecule has 3 aromatic carbocycles. The summed E-state index contributed by atoms with van der Waals surface area (Å²) in [7, 11) is 1.50. The third-order valence-corrected chi connectivity index (χ3v) is 11.8. The highest BCUT2D eigenvalue weighted by Crippen LogP contribution is 2.65. The molecule has 2 aliphatic heterocycles. The molecule has 2 aliphatic carbocycles. The van der Waals surface area contributed by atoms with Crippen LogP contribution in [-0.2, 0) is 31.1 Å². The number of carbonyl (C=O) groups is 4. The van der Waals surface area contributed by atoms with Crippen LogP contribution in [0.2, 0.25) is 0 Å². The number of allylic oxidation sites excluding steroid dienone is 2. The van der Waals surface area contributed by atoms with Gasteiger partial charge in [-0.25, -0.2) is 0 Å². The topological polar surface area (TPSA) is 116 Å². The number of aryl methyl sites for hydroxylation is 1. The van der Waals surface area contributed by atoms with Crippen LogP contribution in [0.15, 0.2) is 102 Å². The maximum absolute atomic E-state index is 15.3. The number of benzene rings is 3. The number of nitrogens with one attached hydrogen (secondary N) is 1. The van der Waals surface area contributed by atoms with Crippen LogP contribution in [-0.4, -0.2) is 45.8 Å². The number of ether oxygens (including phenoxy) is 1. The summed E-state index contributed by atoms with van der Waals surface area (Å²) in [6, 6.07) is 25.4. The van der Waals surface area contributed by atoms with E-state index in [2.05, 4.69) is 5.43 Å². The normalized spacial score (nSPS) is 27.5. The summed E-state index contributed by atoms with van der Waals surface area (Å²) >= 11 is 1.49. The van der Waals surface area contributed by atoms with Crippen LogP contribution < -0.4 is 10.2 Å². The highest BCUT2D eigenvalue weighted by Gasteiger charge is 2.71. The number of rotatable bonds is 7. The summed E-state index contributed by atoms with van der Waals surface area (Å²) in [5.41, 5.74) is 4.96. The molecule has 1 saturated carbocycles. The van der Waals surface area contributed by atoms with Crippen LogP contribution in [0.5, 0.6) is 11.5 Å². The summed E-state index contributed by atoms with van der Waals surface area (Å²) in [6.07, 6.45) is 2.46. The first kappa shape index (κ1) is 31.1. The maximum Gasteiger partial charge on any atom is 0.260 e. The largest absolute Gasteiger partial charge is 0.508 e. The Morgan fingerprint density at radius 1 is 0.898 bits per heavy atom. The summed E-state index contributed by atoms with van der Waals surface area (Å²) in [6.45, 7) is 2.16. The van der Waals surface area contributed by atoms with Gasteiger partial charge in [0.1, 0.15) is 11.5 Å². The van der Waals surface area contributed by atoms with Gasteiger partial charge in [-0.1, -0.05) is 71.8 Å². The van der Waals surface area contributed by atoms with Crippen LogP contribution in [0.1, 0.15) is 40.3 Å². The van der Waals surface area contributed by atoms with Crippen molar-refractivity contribution in [1.29, 1.82) is 0 Å². The zero-order chi connectivity index (χ0) is 34.0. The molecule has 0 spiro atoms. The molecule has 10 heteroatoms. The van der Waals surface area contributed by atoms with Crippen molar-refractivity contribution in [2.75, 3.05) is 12.5 Å². The fourth-order valence-corrected chi connectivity index (χ4v) is 9.53. The number of nitrogens with zero attached hydrogens (tertiary/aromatic N) is 2. The van der Waals surface area contributed by atoms with Gasteiger partial charge in [0.15, 0.2) is 0 Å². The molecular formula is C39H35N3O6S. The van der Waals surface area contributed by atoms with Gasteiger partial charge < -0.3 is 9.84 Å². The minimum atomic E-state index is -1.50. The molecular weight excluding hydrogens is 639 g/mol. The number of hydrazine groups is 1. The number of carbonyl (C=O) groups excluding carboxylic acids is 4. The standard InChI is InChI=1S/C39H35N3O6S/c1-22-13-15-24(16-14-22)40-42-36(45)29-20-28-26(17-18-27-32(28)37(46)41(35(27)44)21-25-10-7-19-49-25)34(33-30(43)11-6-12-31(33)48-2)39(29,38(42)47)23-8-4-3-5-9-23/h3-17,19,27-29,32,34,40,43H,18,20-21H2,1-2H3. The predicted molar refractivity (Wildman–Crippen MR) is 183 cm³/mol. The lowest BCUT2D eigenvalue weighted by Gasteiger charge is -2.50. The Morgan fingerprint density at radius 2 is 1.67 bits per heavy atom. The Kier molecular flexibility index (Phi) is 7.44. The van der Waals surface area contributed by atoms with E-state index in [1.807, 2.05) is 85.1 Å². The zero-order valence-electron chi connectivity index (χ0n) is 27.0. The quantitative estimate of drug-likeness (QED) is 0.184. The van der Waals surface area contributed by atoms with Crippen molar-refractivity contribution in [1.82, 2.24) is 9.91 Å². The van der Waals surface area contributed by atoms with Crippen LogP contribution in [0, 0.1) is 30.6 Å². The smallest absolute Gasteiger partial charge is 0.260 e. The van der Waals surface area contributed by atoms with E-state index >= 15 is 4.79 Å². The van der Waals surface area contributed by atoms with Crippen molar-refractivity contribution in [3.63, 3.8) is 0 Å². The van der Waals surface area contributed by atoms with E-state index in [0.717, 1.165) is 21.0 Å². The van der Waals surface area contributed by atoms with E-state index in [0.29, 0.717) is 29.0 Å². The van der Waals surface area contributed by atoms with Crippen molar-refractivity contribution in [2.45, 2.75) is 37.6 Å². The SMILES string of the molecule is COc1cccc(O)c1C1C2=CCC3C(=O)N(Cc4cccs4)C(=O)C3C2CC2C(=O)N(Nc3ccc(C)cc3)C(=O)C21c1ccccc1. The van der Waals surface area contributed by atoms with E-state index in [1.54, 1.807) is 18.2 Å². The number of hydrogen-bond donors (Lipinski definition) is 2. The molecule has 2 N–H and O–H groups in total. The maximum atomic E-state index is 15.3. The highest BCUT2D eigenvalue weighted by atomic mass is 32.1. The van der Waals surface area contributed by atoms with Gasteiger partial charge in [0.05, 0.1) is 42.5 Å².